The van der Waals surface area contributed by atoms with E-state index in [1.807, 2.05) is 116 Å². The third-order valence-corrected chi connectivity index (χ3v) is 6.08. The monoisotopic (exact) mass is 645 g/mol. The lowest BCUT2D eigenvalue weighted by molar-refractivity contribution is -0.671. The van der Waals surface area contributed by atoms with Crippen molar-refractivity contribution in [2.24, 2.45) is 14.1 Å². The number of anilines is 5. The molecule has 5 aromatic rings. The van der Waals surface area contributed by atoms with Gasteiger partial charge in [0.05, 0.1) is 16.8 Å². The lowest BCUT2D eigenvalue weighted by atomic mass is 10.1. The molecule has 0 spiro atoms. The average molecular weight is 647 g/mol. The van der Waals surface area contributed by atoms with Crippen molar-refractivity contribution >= 4 is 51.3 Å². The smallest absolute Gasteiger partial charge is 0.248 e. The molecule has 0 saturated heterocycles. The molecule has 6 nitrogen and oxygen atoms in total. The molecule has 0 unspecified atom stereocenters. The molecule has 0 saturated carbocycles. The number of amides is 1. The first kappa shape index (κ1) is 29.5. The second kappa shape index (κ2) is 13.7. The topological polar surface area (TPSA) is 60.9 Å². The highest BCUT2D eigenvalue weighted by Gasteiger charge is 2.09. The van der Waals surface area contributed by atoms with Gasteiger partial charge in [0.25, 0.3) is 0 Å². The molecule has 198 valence electrons. The number of fused-ring (bicyclic) bond motifs is 1. The molecule has 2 heterocycles. The molecule has 3 aromatic carbocycles. The SMILES string of the molecule is C[n+]1ccc(Nc2ccc(NC(=O)/C=C/c3ccc(Nc4cc[n+](C)c5ccccc45)cc3)cc2)cc1.[Br-].[Br-]. The zero-order chi connectivity index (χ0) is 25.6. The highest BCUT2D eigenvalue weighted by Crippen LogP contribution is 2.24. The zero-order valence-corrected chi connectivity index (χ0v) is 24.8. The second-order valence-corrected chi connectivity index (χ2v) is 8.88. The molecule has 0 atom stereocenters. The summed E-state index contributed by atoms with van der Waals surface area (Å²) in [6, 6.07) is 30.0. The van der Waals surface area contributed by atoms with E-state index >= 15 is 0 Å². The van der Waals surface area contributed by atoms with Crippen molar-refractivity contribution in [1.29, 1.82) is 0 Å². The minimum Gasteiger partial charge on any atom is -1.00 e. The molecule has 3 N–H and O–H groups in total. The molecule has 0 aliphatic carbocycles. The number of hydrogen-bond donors (Lipinski definition) is 3. The van der Waals surface area contributed by atoms with Crippen molar-refractivity contribution in [2.75, 3.05) is 16.0 Å². The standard InChI is InChI=1S/C31H27N5O.2BrH/c1-35-20-17-27(18-21-35)32-24-12-14-26(15-13-24)34-31(37)16-9-23-7-10-25(11-8-23)33-29-19-22-36(2)30-6-4-3-5-28(29)30;;/h3-22H,1-2H3,(H,34,37);2*1H/b16-9+;;. The van der Waals surface area contributed by atoms with Crippen LogP contribution in [0.1, 0.15) is 5.56 Å². The molecular weight excluding hydrogens is 618 g/mol. The summed E-state index contributed by atoms with van der Waals surface area (Å²) in [5.74, 6) is -0.179. The summed E-state index contributed by atoms with van der Waals surface area (Å²) >= 11 is 0. The van der Waals surface area contributed by atoms with Crippen LogP contribution >= 0.6 is 0 Å². The van der Waals surface area contributed by atoms with Crippen LogP contribution in [0.25, 0.3) is 17.0 Å². The van der Waals surface area contributed by atoms with Gasteiger partial charge in [-0.1, -0.05) is 24.3 Å². The Bertz CT molecular complexity index is 1570. The van der Waals surface area contributed by atoms with Crippen molar-refractivity contribution in [2.45, 2.75) is 0 Å². The number of pyridine rings is 2. The van der Waals surface area contributed by atoms with Crippen LogP contribution in [0, 0.1) is 0 Å². The third kappa shape index (κ3) is 7.75. The fourth-order valence-corrected chi connectivity index (χ4v) is 4.05. The Labute approximate surface area is 249 Å². The van der Waals surface area contributed by atoms with Crippen molar-refractivity contribution in [1.82, 2.24) is 0 Å². The Morgan fingerprint density at radius 1 is 0.667 bits per heavy atom. The molecule has 39 heavy (non-hydrogen) atoms. The number of nitrogens with one attached hydrogen (secondary N) is 3. The predicted molar refractivity (Wildman–Crippen MR) is 150 cm³/mol. The molecule has 1 amide bonds. The summed E-state index contributed by atoms with van der Waals surface area (Å²) in [5, 5.41) is 10.9. The lowest BCUT2D eigenvalue weighted by Crippen LogP contribution is -3.00. The molecule has 0 bridgehead atoms. The van der Waals surface area contributed by atoms with Crippen molar-refractivity contribution in [3.8, 4) is 0 Å². The summed E-state index contributed by atoms with van der Waals surface area (Å²) in [4.78, 5) is 12.4. The average Bonchev–Trinajstić information content (AvgIpc) is 2.92. The van der Waals surface area contributed by atoms with Crippen LogP contribution in [0.2, 0.25) is 0 Å². The first-order valence-electron chi connectivity index (χ1n) is 12.1. The quantitative estimate of drug-likeness (QED) is 0.167. The van der Waals surface area contributed by atoms with Crippen molar-refractivity contribution < 1.29 is 47.9 Å². The Kier molecular flexibility index (Phi) is 10.4. The molecule has 0 aliphatic rings. The number of rotatable bonds is 7. The normalized spacial score (nSPS) is 10.4. The van der Waals surface area contributed by atoms with Crippen LogP contribution in [0.5, 0.6) is 0 Å². The highest BCUT2D eigenvalue weighted by molar-refractivity contribution is 6.02. The van der Waals surface area contributed by atoms with E-state index in [0.29, 0.717) is 0 Å². The number of halogens is 2. The van der Waals surface area contributed by atoms with Gasteiger partial charge >= 0.3 is 0 Å². The first-order chi connectivity index (χ1) is 18.0. The highest BCUT2D eigenvalue weighted by atomic mass is 79.9. The van der Waals surface area contributed by atoms with Gasteiger partial charge in [0.15, 0.2) is 18.6 Å². The number of benzene rings is 3. The van der Waals surface area contributed by atoms with Crippen molar-refractivity contribution in [3.63, 3.8) is 0 Å². The molecule has 0 aliphatic heterocycles. The van der Waals surface area contributed by atoms with Gasteiger partial charge in [-0.15, -0.1) is 0 Å². The van der Waals surface area contributed by atoms with Crippen LogP contribution in [0.15, 0.2) is 116 Å². The molecular formula is C31H29Br2N5O. The maximum Gasteiger partial charge on any atom is 0.248 e. The molecule has 5 rings (SSSR count). The number of carbonyl (C=O) groups excluding carboxylic acids is 1. The minimum absolute atomic E-state index is 0. The van der Waals surface area contributed by atoms with E-state index in [4.69, 9.17) is 0 Å². The van der Waals surface area contributed by atoms with Crippen LogP contribution < -0.4 is 59.0 Å². The van der Waals surface area contributed by atoms with Gasteiger partial charge in [-0.3, -0.25) is 4.79 Å². The largest absolute Gasteiger partial charge is 1.00 e. The summed E-state index contributed by atoms with van der Waals surface area (Å²) in [6.45, 7) is 0. The van der Waals surface area contributed by atoms with E-state index in [1.165, 1.54) is 0 Å². The summed E-state index contributed by atoms with van der Waals surface area (Å²) in [5.41, 5.74) is 6.84. The number of aromatic nitrogens is 2. The zero-order valence-electron chi connectivity index (χ0n) is 21.6. The molecule has 8 heteroatoms. The Morgan fingerprint density at radius 3 is 1.97 bits per heavy atom. The minimum atomic E-state index is -0.179. The Hall–Kier alpha value is -4.01. The summed E-state index contributed by atoms with van der Waals surface area (Å²) in [6.07, 6.45) is 9.37. The molecule has 0 fully saturated rings. The number of carbonyl (C=O) groups is 1. The predicted octanol–water partition coefficient (Wildman–Crippen LogP) is -0.364. The number of nitrogens with zero attached hydrogens (tertiary/aromatic N) is 2. The van der Waals surface area contributed by atoms with E-state index in [9.17, 15) is 4.79 Å². The summed E-state index contributed by atoms with van der Waals surface area (Å²) in [7, 11) is 4.02. The first-order valence-corrected chi connectivity index (χ1v) is 12.1. The number of para-hydroxylation sites is 1. The fourth-order valence-electron chi connectivity index (χ4n) is 4.05. The van der Waals surface area contributed by atoms with E-state index < -0.39 is 0 Å². The number of aryl methyl sites for hydroxylation is 2. The maximum atomic E-state index is 12.4. The van der Waals surface area contributed by atoms with Gasteiger partial charge in [0.2, 0.25) is 11.4 Å². The van der Waals surface area contributed by atoms with Gasteiger partial charge in [0.1, 0.15) is 14.1 Å². The Balaban J connectivity index is 0.00000210. The van der Waals surface area contributed by atoms with Crippen LogP contribution in [0.4, 0.5) is 28.4 Å². The van der Waals surface area contributed by atoms with Crippen molar-refractivity contribution in [3.05, 3.63) is 121 Å². The summed E-state index contributed by atoms with van der Waals surface area (Å²) < 4.78 is 4.09. The van der Waals surface area contributed by atoms with Gasteiger partial charge in [-0.2, -0.15) is 0 Å². The lowest BCUT2D eigenvalue weighted by Gasteiger charge is -2.09. The van der Waals surface area contributed by atoms with Crippen LogP contribution in [0.3, 0.4) is 0 Å². The fraction of sp³-hybridized carbons (Fsp3) is 0.0645. The van der Waals surface area contributed by atoms with E-state index in [2.05, 4.69) is 38.7 Å². The van der Waals surface area contributed by atoms with E-state index in [0.717, 1.165) is 44.9 Å². The van der Waals surface area contributed by atoms with Gasteiger partial charge in [-0.25, -0.2) is 9.13 Å². The second-order valence-electron chi connectivity index (χ2n) is 8.88. The van der Waals surface area contributed by atoms with Crippen LogP contribution in [-0.4, -0.2) is 5.91 Å². The molecule has 0 radical (unpaired) electrons. The van der Waals surface area contributed by atoms with Gasteiger partial charge in [-0.05, 0) is 54.1 Å². The third-order valence-electron chi connectivity index (χ3n) is 6.08. The van der Waals surface area contributed by atoms with Gasteiger partial charge < -0.3 is 49.9 Å². The maximum absolute atomic E-state index is 12.4. The Morgan fingerprint density at radius 2 is 1.26 bits per heavy atom. The van der Waals surface area contributed by atoms with Crippen LogP contribution in [-0.2, 0) is 18.9 Å². The van der Waals surface area contributed by atoms with Gasteiger partial charge in [0, 0.05) is 47.4 Å². The molecule has 2 aromatic heterocycles. The van der Waals surface area contributed by atoms with E-state index in [-0.39, 0.29) is 39.9 Å². The van der Waals surface area contributed by atoms with E-state index in [1.54, 1.807) is 6.08 Å². The number of hydrogen-bond acceptors (Lipinski definition) is 3.